The van der Waals surface area contributed by atoms with Crippen molar-refractivity contribution in [2.75, 3.05) is 7.11 Å². The Kier molecular flexibility index (Phi) is 3.08. The number of methoxy groups -OCH3 is 1. The van der Waals surface area contributed by atoms with E-state index in [0.717, 1.165) is 26.5 Å². The van der Waals surface area contributed by atoms with E-state index in [9.17, 15) is 0 Å². The zero-order valence-electron chi connectivity index (χ0n) is 11.8. The van der Waals surface area contributed by atoms with Gasteiger partial charge in [-0.05, 0) is 11.6 Å². The van der Waals surface area contributed by atoms with Crippen molar-refractivity contribution in [2.24, 2.45) is 0 Å². The molecule has 0 unspecified atom stereocenters. The minimum atomic E-state index is 0.532. The first kappa shape index (κ1) is 13.0. The summed E-state index contributed by atoms with van der Waals surface area (Å²) >= 11 is 1.58. The van der Waals surface area contributed by atoms with E-state index in [1.165, 1.54) is 0 Å². The molecule has 4 aromatic rings. The van der Waals surface area contributed by atoms with Gasteiger partial charge in [0.2, 0.25) is 11.0 Å². The molecule has 5 nitrogen and oxygen atoms in total. The van der Waals surface area contributed by atoms with Crippen LogP contribution < -0.4 is 4.74 Å². The summed E-state index contributed by atoms with van der Waals surface area (Å²) in [5.41, 5.74) is 2.92. The van der Waals surface area contributed by atoms with Gasteiger partial charge in [0.1, 0.15) is 5.52 Å². The van der Waals surface area contributed by atoms with E-state index in [4.69, 9.17) is 4.74 Å². The second-order valence-corrected chi connectivity index (χ2v) is 5.65. The third-order valence-electron chi connectivity index (χ3n) is 3.35. The lowest BCUT2D eigenvalue weighted by atomic mass is 10.1. The number of thiazole rings is 1. The predicted octanol–water partition coefficient (Wildman–Crippen LogP) is 3.55. The molecule has 0 saturated carbocycles. The van der Waals surface area contributed by atoms with Gasteiger partial charge in [0, 0.05) is 24.2 Å². The fraction of sp³-hybridized carbons (Fsp3) is 0.0625. The van der Waals surface area contributed by atoms with Crippen LogP contribution in [0.25, 0.3) is 26.5 Å². The van der Waals surface area contributed by atoms with Crippen molar-refractivity contribution in [3.63, 3.8) is 0 Å². The maximum absolute atomic E-state index is 5.35. The Morgan fingerprint density at radius 1 is 1.14 bits per heavy atom. The average molecular weight is 308 g/mol. The first-order chi connectivity index (χ1) is 10.9. The number of pyridine rings is 1. The Hall–Kier alpha value is -2.73. The SMILES string of the molecule is COc1ncc(-c2ccccc2)c2sc(-n3cccn3)nc12. The summed E-state index contributed by atoms with van der Waals surface area (Å²) in [6.07, 6.45) is 5.45. The Morgan fingerprint density at radius 2 is 2.00 bits per heavy atom. The van der Waals surface area contributed by atoms with Gasteiger partial charge in [-0.1, -0.05) is 41.7 Å². The highest BCUT2D eigenvalue weighted by atomic mass is 32.1. The third kappa shape index (κ3) is 2.05. The molecule has 0 bridgehead atoms. The highest BCUT2D eigenvalue weighted by molar-refractivity contribution is 7.21. The lowest BCUT2D eigenvalue weighted by Gasteiger charge is -2.04. The molecule has 0 saturated heterocycles. The van der Waals surface area contributed by atoms with Gasteiger partial charge in [0.25, 0.3) is 0 Å². The molecule has 3 heterocycles. The fourth-order valence-electron chi connectivity index (χ4n) is 2.33. The van der Waals surface area contributed by atoms with Crippen LogP contribution in [0.2, 0.25) is 0 Å². The molecule has 0 atom stereocenters. The summed E-state index contributed by atoms with van der Waals surface area (Å²) in [7, 11) is 1.61. The van der Waals surface area contributed by atoms with Gasteiger partial charge in [-0.25, -0.2) is 14.6 Å². The first-order valence-corrected chi connectivity index (χ1v) is 7.57. The Balaban J connectivity index is 1.99. The first-order valence-electron chi connectivity index (χ1n) is 6.76. The topological polar surface area (TPSA) is 52.8 Å². The van der Waals surface area contributed by atoms with Crippen molar-refractivity contribution in [2.45, 2.75) is 0 Å². The number of hydrogen-bond donors (Lipinski definition) is 0. The summed E-state index contributed by atoms with van der Waals surface area (Å²) in [6.45, 7) is 0. The second-order valence-electron chi connectivity index (χ2n) is 4.67. The Bertz CT molecular complexity index is 916. The third-order valence-corrected chi connectivity index (χ3v) is 4.43. The molecule has 0 fully saturated rings. The van der Waals surface area contributed by atoms with E-state index in [-0.39, 0.29) is 0 Å². The number of hydrogen-bond acceptors (Lipinski definition) is 5. The van der Waals surface area contributed by atoms with E-state index in [0.29, 0.717) is 5.88 Å². The Morgan fingerprint density at radius 3 is 2.73 bits per heavy atom. The zero-order valence-corrected chi connectivity index (χ0v) is 12.6. The molecule has 0 N–H and O–H groups in total. The second kappa shape index (κ2) is 5.23. The molecule has 0 spiro atoms. The van der Waals surface area contributed by atoms with Gasteiger partial charge in [0.15, 0.2) is 0 Å². The van der Waals surface area contributed by atoms with Crippen molar-refractivity contribution in [3.8, 4) is 22.1 Å². The smallest absolute Gasteiger partial charge is 0.241 e. The molecule has 4 rings (SSSR count). The maximum Gasteiger partial charge on any atom is 0.241 e. The van der Waals surface area contributed by atoms with Crippen LogP contribution in [-0.2, 0) is 0 Å². The van der Waals surface area contributed by atoms with Crippen molar-refractivity contribution >= 4 is 21.6 Å². The van der Waals surface area contributed by atoms with Crippen LogP contribution in [0.4, 0.5) is 0 Å². The van der Waals surface area contributed by atoms with Gasteiger partial charge in [-0.15, -0.1) is 0 Å². The molecule has 3 aromatic heterocycles. The standard InChI is InChI=1S/C16H12N4OS/c1-21-15-13-14(22-16(19-13)20-9-5-8-18-20)12(10-17-15)11-6-3-2-4-7-11/h2-10H,1H3. The van der Waals surface area contributed by atoms with Crippen LogP contribution in [0.15, 0.2) is 55.0 Å². The molecule has 108 valence electrons. The molecular formula is C16H12N4OS. The monoisotopic (exact) mass is 308 g/mol. The quantitative estimate of drug-likeness (QED) is 0.581. The van der Waals surface area contributed by atoms with Gasteiger partial charge >= 0.3 is 0 Å². The molecular weight excluding hydrogens is 296 g/mol. The summed E-state index contributed by atoms with van der Waals surface area (Å²) in [5, 5.41) is 5.04. The van der Waals surface area contributed by atoms with E-state index >= 15 is 0 Å². The molecule has 0 aliphatic rings. The number of rotatable bonds is 3. The van der Waals surface area contributed by atoms with Crippen LogP contribution in [0, 0.1) is 0 Å². The number of fused-ring (bicyclic) bond motifs is 1. The van der Waals surface area contributed by atoms with E-state index < -0.39 is 0 Å². The summed E-state index contributed by atoms with van der Waals surface area (Å²) in [5.74, 6) is 0.532. The average Bonchev–Trinajstić information content (AvgIpc) is 3.23. The summed E-state index contributed by atoms with van der Waals surface area (Å²) in [6, 6.07) is 12.0. The number of aromatic nitrogens is 4. The zero-order chi connectivity index (χ0) is 14.9. The highest BCUT2D eigenvalue weighted by Crippen LogP contribution is 2.37. The predicted molar refractivity (Wildman–Crippen MR) is 86.5 cm³/mol. The normalized spacial score (nSPS) is 11.0. The van der Waals surface area contributed by atoms with Crippen LogP contribution in [-0.4, -0.2) is 26.9 Å². The van der Waals surface area contributed by atoms with E-state index in [1.807, 2.05) is 36.7 Å². The molecule has 0 radical (unpaired) electrons. The van der Waals surface area contributed by atoms with E-state index in [2.05, 4.69) is 27.2 Å². The van der Waals surface area contributed by atoms with Crippen LogP contribution >= 0.6 is 11.3 Å². The van der Waals surface area contributed by atoms with Crippen molar-refractivity contribution in [3.05, 3.63) is 55.0 Å². The molecule has 22 heavy (non-hydrogen) atoms. The van der Waals surface area contributed by atoms with Gasteiger partial charge in [0.05, 0.1) is 11.8 Å². The van der Waals surface area contributed by atoms with E-state index in [1.54, 1.807) is 29.3 Å². The van der Waals surface area contributed by atoms with Gasteiger partial charge in [-0.2, -0.15) is 5.10 Å². The van der Waals surface area contributed by atoms with Crippen molar-refractivity contribution in [1.82, 2.24) is 19.7 Å². The maximum atomic E-state index is 5.35. The molecule has 1 aromatic carbocycles. The lowest BCUT2D eigenvalue weighted by molar-refractivity contribution is 0.402. The lowest BCUT2D eigenvalue weighted by Crippen LogP contribution is -1.93. The number of ether oxygens (including phenoxy) is 1. The number of benzene rings is 1. The van der Waals surface area contributed by atoms with Gasteiger partial charge < -0.3 is 4.74 Å². The minimum absolute atomic E-state index is 0.532. The van der Waals surface area contributed by atoms with Crippen molar-refractivity contribution in [1.29, 1.82) is 0 Å². The summed E-state index contributed by atoms with van der Waals surface area (Å²) in [4.78, 5) is 9.03. The largest absolute Gasteiger partial charge is 0.479 e. The fourth-order valence-corrected chi connectivity index (χ4v) is 3.36. The molecule has 0 aliphatic heterocycles. The van der Waals surface area contributed by atoms with Crippen LogP contribution in [0.1, 0.15) is 0 Å². The molecule has 0 aliphatic carbocycles. The highest BCUT2D eigenvalue weighted by Gasteiger charge is 2.16. The minimum Gasteiger partial charge on any atom is -0.479 e. The van der Waals surface area contributed by atoms with Crippen LogP contribution in [0.5, 0.6) is 5.88 Å². The summed E-state index contributed by atoms with van der Waals surface area (Å²) < 4.78 is 8.15. The Labute approximate surface area is 130 Å². The van der Waals surface area contributed by atoms with Crippen molar-refractivity contribution < 1.29 is 4.74 Å². The molecule has 6 heteroatoms. The van der Waals surface area contributed by atoms with Crippen LogP contribution in [0.3, 0.4) is 0 Å². The molecule has 0 amide bonds. The van der Waals surface area contributed by atoms with Gasteiger partial charge in [-0.3, -0.25) is 0 Å². The number of nitrogens with zero attached hydrogens (tertiary/aromatic N) is 4.